The minimum Gasteiger partial charge on any atom is -0.351 e. The Morgan fingerprint density at radius 2 is 1.67 bits per heavy atom. The molecule has 45 heavy (non-hydrogen) atoms. The number of halogens is 2. The molecule has 0 spiro atoms. The second-order valence-corrected chi connectivity index (χ2v) is 12.2. The summed E-state index contributed by atoms with van der Waals surface area (Å²) >= 11 is 12.7. The number of benzene rings is 3. The van der Waals surface area contributed by atoms with E-state index in [-0.39, 0.29) is 17.5 Å². The quantitative estimate of drug-likeness (QED) is 0.116. The molecule has 3 heterocycles. The van der Waals surface area contributed by atoms with Crippen molar-refractivity contribution in [3.63, 3.8) is 0 Å². The molecule has 3 aromatic carbocycles. The van der Waals surface area contributed by atoms with E-state index in [0.29, 0.717) is 51.3 Å². The van der Waals surface area contributed by atoms with Gasteiger partial charge in [-0.25, -0.2) is 4.98 Å². The molecule has 1 atom stereocenters. The number of carbonyl (C=O) groups excluding carboxylic acids is 1. The van der Waals surface area contributed by atoms with Gasteiger partial charge in [-0.3, -0.25) is 9.78 Å². The Kier molecular flexibility index (Phi) is 8.67. The van der Waals surface area contributed by atoms with Crippen molar-refractivity contribution < 1.29 is 4.79 Å². The lowest BCUT2D eigenvalue weighted by Crippen LogP contribution is -2.30. The Bertz CT molecular complexity index is 2000. The normalized spacial score (nSPS) is 12.1. The predicted molar refractivity (Wildman–Crippen MR) is 184 cm³/mol. The van der Waals surface area contributed by atoms with Crippen LogP contribution >= 0.6 is 23.2 Å². The third-order valence-electron chi connectivity index (χ3n) is 8.07. The molecule has 0 aliphatic rings. The number of imidazole rings is 1. The SMILES string of the molecule is C[C@@H](CC(=N)C(=O)c1[nH]c2cc(Cl)ccc2c1-c1c(-c2ccccc2)nc(-c2cccnc2)n1Cc1ccc(Cl)cc1)N(C)C. The molecule has 0 aliphatic carbocycles. The molecule has 0 amide bonds. The number of carbonyl (C=O) groups is 1. The summed E-state index contributed by atoms with van der Waals surface area (Å²) in [6, 6.07) is 27.1. The van der Waals surface area contributed by atoms with Crippen molar-refractivity contribution in [3.8, 4) is 33.9 Å². The Balaban J connectivity index is 1.68. The van der Waals surface area contributed by atoms with Crippen LogP contribution in [0, 0.1) is 5.41 Å². The molecule has 6 aromatic rings. The summed E-state index contributed by atoms with van der Waals surface area (Å²) in [5.74, 6) is 0.331. The highest BCUT2D eigenvalue weighted by Gasteiger charge is 2.30. The third-order valence-corrected chi connectivity index (χ3v) is 8.56. The Hall–Kier alpha value is -4.56. The first kappa shape index (κ1) is 30.5. The molecule has 7 nitrogen and oxygen atoms in total. The van der Waals surface area contributed by atoms with E-state index in [1.807, 2.05) is 111 Å². The van der Waals surface area contributed by atoms with Crippen LogP contribution in [0.3, 0.4) is 0 Å². The Morgan fingerprint density at radius 3 is 2.36 bits per heavy atom. The second-order valence-electron chi connectivity index (χ2n) is 11.3. The molecule has 0 unspecified atom stereocenters. The van der Waals surface area contributed by atoms with E-state index >= 15 is 0 Å². The molecule has 226 valence electrons. The lowest BCUT2D eigenvalue weighted by Gasteiger charge is -2.19. The average Bonchev–Trinajstić information content (AvgIpc) is 3.60. The molecule has 6 rings (SSSR count). The number of hydrogen-bond donors (Lipinski definition) is 2. The summed E-state index contributed by atoms with van der Waals surface area (Å²) in [7, 11) is 3.89. The van der Waals surface area contributed by atoms with Gasteiger partial charge in [0, 0.05) is 69.0 Å². The number of aromatic amines is 1. The van der Waals surface area contributed by atoms with Crippen LogP contribution in [-0.2, 0) is 6.54 Å². The van der Waals surface area contributed by atoms with E-state index in [2.05, 4.69) is 14.5 Å². The standard InChI is InChI=1S/C36H32Cl2N6O/c1-22(43(2)3)18-29(39)35(45)33-31(28-16-15-27(38)19-30(28)41-33)34-32(24-8-5-4-6-9-24)42-36(25-10-7-17-40-20-25)44(34)21-23-11-13-26(37)14-12-23/h4-17,19-20,22,39,41H,18,21H2,1-3H3/t22-/m0/s1. The summed E-state index contributed by atoms with van der Waals surface area (Å²) in [6.07, 6.45) is 3.83. The molecular formula is C36H32Cl2N6O. The number of ketones is 1. The van der Waals surface area contributed by atoms with Gasteiger partial charge in [0.1, 0.15) is 5.82 Å². The highest BCUT2D eigenvalue weighted by molar-refractivity contribution is 6.46. The maximum Gasteiger partial charge on any atom is 0.223 e. The van der Waals surface area contributed by atoms with E-state index in [9.17, 15) is 4.79 Å². The van der Waals surface area contributed by atoms with Gasteiger partial charge in [0.05, 0.1) is 22.8 Å². The number of rotatable bonds is 10. The zero-order valence-electron chi connectivity index (χ0n) is 25.2. The molecule has 0 bridgehead atoms. The van der Waals surface area contributed by atoms with Gasteiger partial charge >= 0.3 is 0 Å². The zero-order valence-corrected chi connectivity index (χ0v) is 26.7. The van der Waals surface area contributed by atoms with E-state index in [4.69, 9.17) is 33.6 Å². The second kappa shape index (κ2) is 12.8. The van der Waals surface area contributed by atoms with Gasteiger partial charge in [-0.15, -0.1) is 0 Å². The molecule has 2 N–H and O–H groups in total. The van der Waals surface area contributed by atoms with Crippen LogP contribution in [0.1, 0.15) is 29.4 Å². The van der Waals surface area contributed by atoms with Crippen LogP contribution in [0.4, 0.5) is 0 Å². The minimum atomic E-state index is -0.368. The van der Waals surface area contributed by atoms with Crippen molar-refractivity contribution >= 4 is 45.6 Å². The maximum absolute atomic E-state index is 14.2. The van der Waals surface area contributed by atoms with Crippen molar-refractivity contribution in [3.05, 3.63) is 119 Å². The smallest absolute Gasteiger partial charge is 0.223 e. The van der Waals surface area contributed by atoms with Crippen LogP contribution in [0.2, 0.25) is 10.0 Å². The number of Topliss-reactive ketones (excluding diaryl/α,β-unsaturated/α-hetero) is 1. The summed E-state index contributed by atoms with van der Waals surface area (Å²) in [6.45, 7) is 2.45. The Labute approximate surface area is 272 Å². The summed E-state index contributed by atoms with van der Waals surface area (Å²) in [5.41, 5.74) is 5.92. The van der Waals surface area contributed by atoms with Crippen molar-refractivity contribution in [2.45, 2.75) is 25.9 Å². The van der Waals surface area contributed by atoms with Gasteiger partial charge in [0.2, 0.25) is 5.78 Å². The fourth-order valence-electron chi connectivity index (χ4n) is 5.45. The topological polar surface area (TPSA) is 90.7 Å². The first-order valence-corrected chi connectivity index (χ1v) is 15.4. The number of hydrogen-bond acceptors (Lipinski definition) is 5. The van der Waals surface area contributed by atoms with E-state index in [1.165, 1.54) is 0 Å². The molecule has 3 aromatic heterocycles. The lowest BCUT2D eigenvalue weighted by atomic mass is 9.97. The van der Waals surface area contributed by atoms with Crippen LogP contribution in [-0.4, -0.2) is 56.1 Å². The van der Waals surface area contributed by atoms with Gasteiger partial charge in [-0.1, -0.05) is 71.7 Å². The van der Waals surface area contributed by atoms with Gasteiger partial charge in [0.25, 0.3) is 0 Å². The molecular weight excluding hydrogens is 603 g/mol. The molecule has 0 saturated carbocycles. The van der Waals surface area contributed by atoms with Crippen LogP contribution in [0.25, 0.3) is 44.8 Å². The highest BCUT2D eigenvalue weighted by atomic mass is 35.5. The maximum atomic E-state index is 14.2. The number of H-pyrrole nitrogens is 1. The van der Waals surface area contributed by atoms with Crippen molar-refractivity contribution in [2.75, 3.05) is 14.1 Å². The fourth-order valence-corrected chi connectivity index (χ4v) is 5.75. The Morgan fingerprint density at radius 1 is 0.956 bits per heavy atom. The van der Waals surface area contributed by atoms with E-state index < -0.39 is 0 Å². The predicted octanol–water partition coefficient (Wildman–Crippen LogP) is 8.66. The highest BCUT2D eigenvalue weighted by Crippen LogP contribution is 2.42. The zero-order chi connectivity index (χ0) is 31.7. The van der Waals surface area contributed by atoms with E-state index in [1.54, 1.807) is 12.4 Å². The lowest BCUT2D eigenvalue weighted by molar-refractivity contribution is 0.105. The van der Waals surface area contributed by atoms with Crippen molar-refractivity contribution in [1.29, 1.82) is 5.41 Å². The summed E-state index contributed by atoms with van der Waals surface area (Å²) in [5, 5.41) is 10.9. The van der Waals surface area contributed by atoms with Gasteiger partial charge in [-0.05, 0) is 63.0 Å². The van der Waals surface area contributed by atoms with Gasteiger partial charge in [0.15, 0.2) is 0 Å². The average molecular weight is 636 g/mol. The molecule has 9 heteroatoms. The number of fused-ring (bicyclic) bond motifs is 1. The monoisotopic (exact) mass is 634 g/mol. The summed E-state index contributed by atoms with van der Waals surface area (Å²) in [4.78, 5) is 29.2. The first-order valence-electron chi connectivity index (χ1n) is 14.6. The number of aromatic nitrogens is 4. The molecule has 0 saturated heterocycles. The number of nitrogens with one attached hydrogen (secondary N) is 2. The molecule has 0 aliphatic heterocycles. The minimum absolute atomic E-state index is 0.0104. The van der Waals surface area contributed by atoms with Crippen molar-refractivity contribution in [1.82, 2.24) is 24.4 Å². The van der Waals surface area contributed by atoms with Gasteiger partial charge < -0.3 is 19.9 Å². The largest absolute Gasteiger partial charge is 0.351 e. The summed E-state index contributed by atoms with van der Waals surface area (Å²) < 4.78 is 2.13. The van der Waals surface area contributed by atoms with Crippen molar-refractivity contribution in [2.24, 2.45) is 0 Å². The van der Waals surface area contributed by atoms with Crippen LogP contribution in [0.15, 0.2) is 97.3 Å². The number of nitrogens with zero attached hydrogens (tertiary/aromatic N) is 4. The number of pyridine rings is 1. The molecule has 0 radical (unpaired) electrons. The van der Waals surface area contributed by atoms with Crippen LogP contribution in [0.5, 0.6) is 0 Å². The van der Waals surface area contributed by atoms with E-state index in [0.717, 1.165) is 27.8 Å². The third kappa shape index (κ3) is 6.20. The van der Waals surface area contributed by atoms with Crippen LogP contribution < -0.4 is 0 Å². The molecule has 0 fully saturated rings. The van der Waals surface area contributed by atoms with Gasteiger partial charge in [-0.2, -0.15) is 0 Å². The first-order chi connectivity index (χ1) is 21.7. The fraction of sp³-hybridized carbons (Fsp3) is 0.167.